The van der Waals surface area contributed by atoms with E-state index in [1.165, 1.54) is 96.6 Å². The number of rotatable bonds is 11. The van der Waals surface area contributed by atoms with Gasteiger partial charge >= 0.3 is 0 Å². The highest BCUT2D eigenvalue weighted by Gasteiger charge is 2.24. The number of hydrogen-bond donors (Lipinski definition) is 1. The molecule has 1 amide bonds. The first-order valence-corrected chi connectivity index (χ1v) is 12.8. The molecule has 2 aliphatic heterocycles. The molecule has 2 heterocycles. The van der Waals surface area contributed by atoms with Crippen molar-refractivity contribution in [2.75, 3.05) is 26.2 Å². The van der Waals surface area contributed by atoms with Crippen LogP contribution in [0, 0.1) is 5.92 Å². The molecule has 2 aliphatic rings. The Kier molecular flexibility index (Phi) is 14.7. The van der Waals surface area contributed by atoms with E-state index in [0.717, 1.165) is 18.5 Å². The van der Waals surface area contributed by atoms with Crippen LogP contribution in [0.25, 0.3) is 0 Å². The van der Waals surface area contributed by atoms with Crippen LogP contribution in [0.15, 0.2) is 0 Å². The third-order valence-corrected chi connectivity index (χ3v) is 6.71. The van der Waals surface area contributed by atoms with E-state index in [2.05, 4.69) is 37.5 Å². The lowest BCUT2D eigenvalue weighted by Gasteiger charge is -2.38. The van der Waals surface area contributed by atoms with Gasteiger partial charge in [-0.05, 0) is 64.0 Å². The number of nitrogens with zero attached hydrogens (tertiary/aromatic N) is 2. The predicted molar refractivity (Wildman–Crippen MR) is 126 cm³/mol. The van der Waals surface area contributed by atoms with Crippen LogP contribution < -0.4 is 5.73 Å². The lowest BCUT2D eigenvalue weighted by molar-refractivity contribution is -0.120. The average molecular weight is 410 g/mol. The first-order chi connectivity index (χ1) is 14.0. The average Bonchev–Trinajstić information content (AvgIpc) is 2.69. The zero-order chi connectivity index (χ0) is 21.5. The van der Waals surface area contributed by atoms with Crippen molar-refractivity contribution in [2.24, 2.45) is 11.7 Å². The van der Waals surface area contributed by atoms with E-state index >= 15 is 0 Å². The first-order valence-electron chi connectivity index (χ1n) is 12.8. The number of piperidine rings is 2. The fourth-order valence-corrected chi connectivity index (χ4v) is 5.10. The summed E-state index contributed by atoms with van der Waals surface area (Å²) < 4.78 is 0. The Bertz CT molecular complexity index is 413. The number of hydrogen-bond acceptors (Lipinski definition) is 3. The molecule has 0 aromatic rings. The predicted octanol–water partition coefficient (Wildman–Crippen LogP) is 5.59. The molecule has 4 heteroatoms. The smallest absolute Gasteiger partial charge is 0.231 e. The van der Waals surface area contributed by atoms with Gasteiger partial charge in [0.25, 0.3) is 0 Å². The van der Waals surface area contributed by atoms with Gasteiger partial charge in [0.2, 0.25) is 5.91 Å². The molecule has 4 nitrogen and oxygen atoms in total. The molecule has 172 valence electrons. The van der Waals surface area contributed by atoms with Crippen molar-refractivity contribution in [3.8, 4) is 0 Å². The maximum atomic E-state index is 10.8. The van der Waals surface area contributed by atoms with E-state index in [9.17, 15) is 4.79 Å². The van der Waals surface area contributed by atoms with Crippen molar-refractivity contribution in [1.82, 2.24) is 9.80 Å². The van der Waals surface area contributed by atoms with E-state index in [1.807, 2.05) is 0 Å². The molecular weight excluding hydrogens is 358 g/mol. The molecule has 2 saturated heterocycles. The van der Waals surface area contributed by atoms with Gasteiger partial charge in [0, 0.05) is 18.6 Å². The number of carbonyl (C=O) groups is 1. The van der Waals surface area contributed by atoms with Crippen LogP contribution in [0.2, 0.25) is 0 Å². The van der Waals surface area contributed by atoms with Crippen molar-refractivity contribution >= 4 is 5.91 Å². The number of unbranched alkanes of at least 4 members (excludes halogenated alkanes) is 3. The summed E-state index contributed by atoms with van der Waals surface area (Å²) in [6.45, 7) is 13.4. The number of nitrogens with two attached hydrogens (primary N) is 1. The Balaban J connectivity index is 0.000000296. The maximum absolute atomic E-state index is 10.8. The van der Waals surface area contributed by atoms with Crippen LogP contribution in [-0.4, -0.2) is 54.0 Å². The zero-order valence-corrected chi connectivity index (χ0v) is 20.1. The van der Waals surface area contributed by atoms with Crippen LogP contribution in [0.5, 0.6) is 0 Å². The second-order valence-corrected chi connectivity index (χ2v) is 9.56. The third kappa shape index (κ3) is 11.4. The van der Waals surface area contributed by atoms with E-state index < -0.39 is 0 Å². The molecule has 0 aromatic carbocycles. The molecule has 0 aromatic heterocycles. The van der Waals surface area contributed by atoms with Crippen LogP contribution in [0.4, 0.5) is 0 Å². The van der Waals surface area contributed by atoms with Crippen LogP contribution in [-0.2, 0) is 4.79 Å². The molecule has 29 heavy (non-hydrogen) atoms. The molecule has 0 spiro atoms. The Hall–Kier alpha value is -0.610. The number of amides is 1. The van der Waals surface area contributed by atoms with Gasteiger partial charge in [0.1, 0.15) is 0 Å². The highest BCUT2D eigenvalue weighted by Crippen LogP contribution is 2.25. The Labute approximate surface area is 182 Å². The van der Waals surface area contributed by atoms with Gasteiger partial charge in [-0.1, -0.05) is 66.2 Å². The van der Waals surface area contributed by atoms with Crippen molar-refractivity contribution < 1.29 is 4.79 Å². The van der Waals surface area contributed by atoms with Crippen LogP contribution >= 0.6 is 0 Å². The Morgan fingerprint density at radius 3 is 2.17 bits per heavy atom. The summed E-state index contributed by atoms with van der Waals surface area (Å²) in [5, 5.41) is 0. The lowest BCUT2D eigenvalue weighted by atomic mass is 9.91. The number of carbonyl (C=O) groups excluding carboxylic acids is 1. The number of likely N-dealkylation sites (tertiary alicyclic amines) is 2. The minimum Gasteiger partial charge on any atom is -0.369 e. The summed E-state index contributed by atoms with van der Waals surface area (Å²) in [5.41, 5.74) is 5.20. The summed E-state index contributed by atoms with van der Waals surface area (Å²) in [4.78, 5) is 15.8. The maximum Gasteiger partial charge on any atom is 0.231 e. The molecule has 2 N–H and O–H groups in total. The zero-order valence-electron chi connectivity index (χ0n) is 20.1. The standard InChI is InChI=1S/C15H31N.C10H20N2O/c1-4-6-7-8-12-16-13-14(3)10-11-15(16)9-5-2;1-2-5-9-6-3-4-7-12(9)8-10(11)13/h14-15H,4-13H2,1-3H3;9H,2-8H2,1H3,(H2,11,13). The molecule has 2 fully saturated rings. The van der Waals surface area contributed by atoms with Crippen LogP contribution in [0.3, 0.4) is 0 Å². The molecular formula is C25H51N3O. The minimum atomic E-state index is -0.192. The van der Waals surface area contributed by atoms with Crippen molar-refractivity contribution in [3.05, 3.63) is 0 Å². The van der Waals surface area contributed by atoms with E-state index in [4.69, 9.17) is 5.73 Å². The minimum absolute atomic E-state index is 0.192. The molecule has 3 unspecified atom stereocenters. The van der Waals surface area contributed by atoms with Gasteiger partial charge < -0.3 is 10.6 Å². The Morgan fingerprint density at radius 1 is 0.862 bits per heavy atom. The monoisotopic (exact) mass is 409 g/mol. The lowest BCUT2D eigenvalue weighted by Crippen LogP contribution is -2.44. The molecule has 0 aliphatic carbocycles. The second-order valence-electron chi connectivity index (χ2n) is 9.56. The van der Waals surface area contributed by atoms with Gasteiger partial charge in [-0.2, -0.15) is 0 Å². The molecule has 0 saturated carbocycles. The van der Waals surface area contributed by atoms with Gasteiger partial charge in [0.15, 0.2) is 0 Å². The summed E-state index contributed by atoms with van der Waals surface area (Å²) in [7, 11) is 0. The van der Waals surface area contributed by atoms with E-state index in [1.54, 1.807) is 0 Å². The van der Waals surface area contributed by atoms with Crippen molar-refractivity contribution in [1.29, 1.82) is 0 Å². The Morgan fingerprint density at radius 2 is 1.55 bits per heavy atom. The third-order valence-electron chi connectivity index (χ3n) is 6.71. The van der Waals surface area contributed by atoms with E-state index in [-0.39, 0.29) is 5.91 Å². The van der Waals surface area contributed by atoms with Crippen molar-refractivity contribution in [3.63, 3.8) is 0 Å². The van der Waals surface area contributed by atoms with Gasteiger partial charge in [-0.25, -0.2) is 0 Å². The largest absolute Gasteiger partial charge is 0.369 e. The highest BCUT2D eigenvalue weighted by atomic mass is 16.1. The van der Waals surface area contributed by atoms with E-state index in [0.29, 0.717) is 12.6 Å². The summed E-state index contributed by atoms with van der Waals surface area (Å²) >= 11 is 0. The van der Waals surface area contributed by atoms with Crippen LogP contribution in [0.1, 0.15) is 111 Å². The summed E-state index contributed by atoms with van der Waals surface area (Å²) in [6, 6.07) is 1.51. The summed E-state index contributed by atoms with van der Waals surface area (Å²) in [5.74, 6) is 0.738. The molecule has 0 bridgehead atoms. The highest BCUT2D eigenvalue weighted by molar-refractivity contribution is 5.75. The fraction of sp³-hybridized carbons (Fsp3) is 0.960. The van der Waals surface area contributed by atoms with Gasteiger partial charge in [0.05, 0.1) is 6.54 Å². The van der Waals surface area contributed by atoms with Gasteiger partial charge in [-0.3, -0.25) is 9.69 Å². The number of primary amides is 1. The fourth-order valence-electron chi connectivity index (χ4n) is 5.10. The van der Waals surface area contributed by atoms with Crippen molar-refractivity contribution in [2.45, 2.75) is 123 Å². The molecule has 0 radical (unpaired) electrons. The molecule has 3 atom stereocenters. The quantitative estimate of drug-likeness (QED) is 0.452. The topological polar surface area (TPSA) is 49.6 Å². The normalized spacial score (nSPS) is 26.0. The summed E-state index contributed by atoms with van der Waals surface area (Å²) in [6.07, 6.45) is 17.4. The van der Waals surface area contributed by atoms with Gasteiger partial charge in [-0.15, -0.1) is 0 Å². The molecule has 2 rings (SSSR count). The second kappa shape index (κ2) is 16.1. The first kappa shape index (κ1) is 26.4. The SMILES string of the molecule is CCCC1CCCCN1CC(N)=O.CCCCCCN1CC(C)CCC1CCC.